The first kappa shape index (κ1) is 24.2. The number of nitrogens with zero attached hydrogens (tertiary/aromatic N) is 1. The molecule has 0 bridgehead atoms. The first-order chi connectivity index (χ1) is 16.4. The number of hydrogen-bond acceptors (Lipinski definition) is 7. The Morgan fingerprint density at radius 3 is 2.35 bits per heavy atom. The van der Waals surface area contributed by atoms with Gasteiger partial charge in [-0.15, -0.1) is 0 Å². The van der Waals surface area contributed by atoms with Crippen molar-refractivity contribution in [2.45, 2.75) is 13.3 Å². The van der Waals surface area contributed by atoms with Gasteiger partial charge in [-0.25, -0.2) is 4.79 Å². The Balaban J connectivity index is 2.04. The zero-order valence-electron chi connectivity index (χ0n) is 18.7. The predicted octanol–water partition coefficient (Wildman–Crippen LogP) is 5.51. The molecule has 3 aromatic rings. The Hall–Kier alpha value is -4.46. The van der Waals surface area contributed by atoms with E-state index in [0.29, 0.717) is 17.7 Å². The van der Waals surface area contributed by atoms with Crippen LogP contribution in [0.2, 0.25) is 0 Å². The quantitative estimate of drug-likeness (QED) is 0.0979. The standard InChI is InChI=1S/C26H23NO7/c1-3-15-33-25-17-24(34-26(29)19-10-5-4-6-11-19)20(16-21(25)27(30)31)22(28)14-13-18-9-7-8-12-23(18)32-2/h4-14,16-17H,3,15H2,1-2H3. The molecule has 0 aliphatic carbocycles. The van der Waals surface area contributed by atoms with Crippen molar-refractivity contribution >= 4 is 23.5 Å². The Kier molecular flexibility index (Phi) is 8.12. The summed E-state index contributed by atoms with van der Waals surface area (Å²) in [6.07, 6.45) is 3.37. The average molecular weight is 461 g/mol. The van der Waals surface area contributed by atoms with Crippen LogP contribution in [0.5, 0.6) is 17.2 Å². The molecule has 0 aliphatic rings. The number of esters is 1. The van der Waals surface area contributed by atoms with Crippen LogP contribution < -0.4 is 14.2 Å². The van der Waals surface area contributed by atoms with Crippen molar-refractivity contribution in [1.29, 1.82) is 0 Å². The van der Waals surface area contributed by atoms with Crippen molar-refractivity contribution in [3.05, 3.63) is 99.6 Å². The number of nitro benzene ring substituents is 1. The van der Waals surface area contributed by atoms with Crippen LogP contribution in [-0.4, -0.2) is 30.4 Å². The molecule has 0 N–H and O–H groups in total. The molecule has 8 nitrogen and oxygen atoms in total. The van der Waals surface area contributed by atoms with Gasteiger partial charge in [0.25, 0.3) is 0 Å². The van der Waals surface area contributed by atoms with E-state index >= 15 is 0 Å². The van der Waals surface area contributed by atoms with Crippen molar-refractivity contribution in [3.63, 3.8) is 0 Å². The Bertz CT molecular complexity index is 1220. The summed E-state index contributed by atoms with van der Waals surface area (Å²) in [5.74, 6) is -0.977. The van der Waals surface area contributed by atoms with Gasteiger partial charge in [-0.1, -0.05) is 43.3 Å². The van der Waals surface area contributed by atoms with Crippen molar-refractivity contribution in [2.75, 3.05) is 13.7 Å². The maximum absolute atomic E-state index is 13.1. The molecule has 0 fully saturated rings. The molecule has 0 saturated heterocycles. The van der Waals surface area contributed by atoms with Crippen LogP contribution in [0.15, 0.2) is 72.8 Å². The number of hydrogen-bond donors (Lipinski definition) is 0. The predicted molar refractivity (Wildman–Crippen MR) is 127 cm³/mol. The average Bonchev–Trinajstić information content (AvgIpc) is 2.86. The highest BCUT2D eigenvalue weighted by molar-refractivity contribution is 6.10. The third-order valence-corrected chi connectivity index (χ3v) is 4.75. The molecular formula is C26H23NO7. The molecule has 174 valence electrons. The van der Waals surface area contributed by atoms with E-state index in [2.05, 4.69) is 0 Å². The van der Waals surface area contributed by atoms with E-state index in [4.69, 9.17) is 14.2 Å². The molecule has 0 atom stereocenters. The van der Waals surface area contributed by atoms with Crippen LogP contribution >= 0.6 is 0 Å². The summed E-state index contributed by atoms with van der Waals surface area (Å²) in [6.45, 7) is 2.07. The highest BCUT2D eigenvalue weighted by atomic mass is 16.6. The first-order valence-corrected chi connectivity index (χ1v) is 10.5. The zero-order chi connectivity index (χ0) is 24.5. The number of para-hydroxylation sites is 1. The van der Waals surface area contributed by atoms with Crippen LogP contribution in [0.25, 0.3) is 6.08 Å². The van der Waals surface area contributed by atoms with Crippen molar-refractivity contribution < 1.29 is 28.7 Å². The molecule has 0 heterocycles. The van der Waals surface area contributed by atoms with E-state index in [1.54, 1.807) is 54.6 Å². The van der Waals surface area contributed by atoms with Gasteiger partial charge in [-0.3, -0.25) is 14.9 Å². The van der Waals surface area contributed by atoms with Crippen LogP contribution in [0.4, 0.5) is 5.69 Å². The lowest BCUT2D eigenvalue weighted by atomic mass is 10.1. The van der Waals surface area contributed by atoms with Crippen LogP contribution in [0.1, 0.15) is 39.6 Å². The fraction of sp³-hybridized carbons (Fsp3) is 0.154. The van der Waals surface area contributed by atoms with Gasteiger partial charge in [-0.05, 0) is 36.8 Å². The van der Waals surface area contributed by atoms with Gasteiger partial charge < -0.3 is 14.2 Å². The number of rotatable bonds is 10. The SMILES string of the molecule is CCCOc1cc(OC(=O)c2ccccc2)c(C(=O)C=Cc2ccccc2OC)cc1[N+](=O)[O-]. The molecule has 3 rings (SSSR count). The third-order valence-electron chi connectivity index (χ3n) is 4.75. The summed E-state index contributed by atoms with van der Waals surface area (Å²) in [5.41, 5.74) is 0.353. The van der Waals surface area contributed by atoms with E-state index in [1.165, 1.54) is 25.3 Å². The molecule has 0 unspecified atom stereocenters. The van der Waals surface area contributed by atoms with E-state index in [9.17, 15) is 19.7 Å². The third kappa shape index (κ3) is 5.86. The van der Waals surface area contributed by atoms with Crippen molar-refractivity contribution in [2.24, 2.45) is 0 Å². The second-order valence-corrected chi connectivity index (χ2v) is 7.12. The molecule has 0 amide bonds. The lowest BCUT2D eigenvalue weighted by molar-refractivity contribution is -0.385. The lowest BCUT2D eigenvalue weighted by Gasteiger charge is -2.12. The van der Waals surface area contributed by atoms with Crippen molar-refractivity contribution in [3.8, 4) is 17.2 Å². The van der Waals surface area contributed by atoms with Gasteiger partial charge in [0.2, 0.25) is 5.75 Å². The zero-order valence-corrected chi connectivity index (χ0v) is 18.7. The van der Waals surface area contributed by atoms with E-state index < -0.39 is 22.4 Å². The minimum atomic E-state index is -0.710. The molecule has 3 aromatic carbocycles. The molecule has 0 radical (unpaired) electrons. The lowest BCUT2D eigenvalue weighted by Crippen LogP contribution is -2.12. The number of ether oxygens (including phenoxy) is 3. The monoisotopic (exact) mass is 461 g/mol. The summed E-state index contributed by atoms with van der Waals surface area (Å²) in [6, 6.07) is 17.5. The fourth-order valence-electron chi connectivity index (χ4n) is 3.09. The Morgan fingerprint density at radius 2 is 1.68 bits per heavy atom. The molecular weight excluding hydrogens is 438 g/mol. The summed E-state index contributed by atoms with van der Waals surface area (Å²) >= 11 is 0. The molecule has 34 heavy (non-hydrogen) atoms. The molecule has 8 heteroatoms. The second-order valence-electron chi connectivity index (χ2n) is 7.12. The minimum absolute atomic E-state index is 0.0898. The van der Waals surface area contributed by atoms with Crippen molar-refractivity contribution in [1.82, 2.24) is 0 Å². The van der Waals surface area contributed by atoms with Crippen LogP contribution in [0.3, 0.4) is 0 Å². The normalized spacial score (nSPS) is 10.6. The Morgan fingerprint density at radius 1 is 0.971 bits per heavy atom. The molecule has 0 spiro atoms. The number of carbonyl (C=O) groups is 2. The maximum atomic E-state index is 13.1. The van der Waals surface area contributed by atoms with Crippen LogP contribution in [0, 0.1) is 10.1 Å². The smallest absolute Gasteiger partial charge is 0.343 e. The van der Waals surface area contributed by atoms with E-state index in [1.807, 2.05) is 6.92 Å². The van der Waals surface area contributed by atoms with Gasteiger partial charge in [0.05, 0.1) is 29.8 Å². The van der Waals surface area contributed by atoms with Gasteiger partial charge in [0.1, 0.15) is 11.5 Å². The second kappa shape index (κ2) is 11.4. The maximum Gasteiger partial charge on any atom is 0.343 e. The first-order valence-electron chi connectivity index (χ1n) is 10.5. The minimum Gasteiger partial charge on any atom is -0.496 e. The molecule has 0 saturated carbocycles. The van der Waals surface area contributed by atoms with Crippen LogP contribution in [-0.2, 0) is 0 Å². The number of ketones is 1. The summed E-state index contributed by atoms with van der Waals surface area (Å²) < 4.78 is 16.2. The summed E-state index contributed by atoms with van der Waals surface area (Å²) in [4.78, 5) is 36.7. The summed E-state index contributed by atoms with van der Waals surface area (Å²) in [5, 5.41) is 11.6. The van der Waals surface area contributed by atoms with E-state index in [0.717, 1.165) is 6.07 Å². The highest BCUT2D eigenvalue weighted by Gasteiger charge is 2.25. The number of methoxy groups -OCH3 is 1. The Labute approximate surface area is 196 Å². The fourth-order valence-corrected chi connectivity index (χ4v) is 3.09. The number of carbonyl (C=O) groups excluding carboxylic acids is 2. The van der Waals surface area contributed by atoms with Gasteiger partial charge in [0.15, 0.2) is 5.78 Å². The highest BCUT2D eigenvalue weighted by Crippen LogP contribution is 2.36. The van der Waals surface area contributed by atoms with Gasteiger partial charge in [0, 0.05) is 17.7 Å². The molecule has 0 aromatic heterocycles. The van der Waals surface area contributed by atoms with Gasteiger partial charge in [-0.2, -0.15) is 0 Å². The summed E-state index contributed by atoms with van der Waals surface area (Å²) in [7, 11) is 1.51. The topological polar surface area (TPSA) is 105 Å². The largest absolute Gasteiger partial charge is 0.496 e. The number of benzene rings is 3. The molecule has 0 aliphatic heterocycles. The number of nitro groups is 1. The number of allylic oxidation sites excluding steroid dienone is 1. The van der Waals surface area contributed by atoms with Gasteiger partial charge >= 0.3 is 11.7 Å². The van der Waals surface area contributed by atoms with E-state index in [-0.39, 0.29) is 29.2 Å².